The molecule has 1 aromatic rings. The maximum absolute atomic E-state index is 11.5. The molecule has 7 nitrogen and oxygen atoms in total. The van der Waals surface area contributed by atoms with Gasteiger partial charge in [0.2, 0.25) is 0 Å². The van der Waals surface area contributed by atoms with Gasteiger partial charge in [-0.05, 0) is 11.6 Å². The Labute approximate surface area is 106 Å². The van der Waals surface area contributed by atoms with E-state index in [0.717, 1.165) is 6.08 Å². The number of carbonyl (C=O) groups is 4. The SMILES string of the molecule is O=C1NC(=O)C(=Cc2ccccc2C(=O)[O-])C(=O)N1. The Morgan fingerprint density at radius 2 is 1.63 bits per heavy atom. The minimum Gasteiger partial charge on any atom is -0.545 e. The van der Waals surface area contributed by atoms with E-state index in [1.807, 2.05) is 10.6 Å². The van der Waals surface area contributed by atoms with Gasteiger partial charge in [-0.15, -0.1) is 0 Å². The highest BCUT2D eigenvalue weighted by atomic mass is 16.4. The molecule has 7 heteroatoms. The third-order valence-corrected chi connectivity index (χ3v) is 2.42. The summed E-state index contributed by atoms with van der Waals surface area (Å²) in [6.45, 7) is 0. The molecule has 0 aliphatic carbocycles. The van der Waals surface area contributed by atoms with Crippen molar-refractivity contribution in [3.8, 4) is 0 Å². The van der Waals surface area contributed by atoms with Gasteiger partial charge in [0.05, 0.1) is 5.97 Å². The van der Waals surface area contributed by atoms with Gasteiger partial charge in [-0.3, -0.25) is 20.2 Å². The van der Waals surface area contributed by atoms with E-state index < -0.39 is 23.8 Å². The van der Waals surface area contributed by atoms with Crippen molar-refractivity contribution < 1.29 is 24.3 Å². The second kappa shape index (κ2) is 4.73. The molecule has 1 aliphatic heterocycles. The summed E-state index contributed by atoms with van der Waals surface area (Å²) in [6, 6.07) is 4.81. The highest BCUT2D eigenvalue weighted by Crippen LogP contribution is 2.14. The summed E-state index contributed by atoms with van der Waals surface area (Å²) in [4.78, 5) is 44.7. The molecule has 0 radical (unpaired) electrons. The Kier molecular flexibility index (Phi) is 3.11. The number of urea groups is 1. The minimum absolute atomic E-state index is 0.136. The first kappa shape index (κ1) is 12.5. The van der Waals surface area contributed by atoms with Crippen LogP contribution in [-0.2, 0) is 9.59 Å². The molecule has 96 valence electrons. The number of nitrogens with one attached hydrogen (secondary N) is 2. The summed E-state index contributed by atoms with van der Waals surface area (Å²) in [5.74, 6) is -3.20. The van der Waals surface area contributed by atoms with Crippen LogP contribution in [0.4, 0.5) is 4.79 Å². The lowest BCUT2D eigenvalue weighted by Crippen LogP contribution is -2.51. The first-order chi connectivity index (χ1) is 8.99. The molecule has 0 spiro atoms. The summed E-state index contributed by atoms with van der Waals surface area (Å²) in [5.41, 5.74) is -0.377. The zero-order valence-corrected chi connectivity index (χ0v) is 9.43. The maximum atomic E-state index is 11.5. The molecule has 2 N–H and O–H groups in total. The van der Waals surface area contributed by atoms with Gasteiger partial charge in [-0.25, -0.2) is 4.79 Å². The van der Waals surface area contributed by atoms with Crippen LogP contribution in [0.3, 0.4) is 0 Å². The number of barbiturate groups is 1. The van der Waals surface area contributed by atoms with Gasteiger partial charge in [0.15, 0.2) is 0 Å². The Hall–Kier alpha value is -2.96. The largest absolute Gasteiger partial charge is 0.545 e. The normalized spacial score (nSPS) is 14.7. The van der Waals surface area contributed by atoms with Crippen molar-refractivity contribution in [2.24, 2.45) is 0 Å². The van der Waals surface area contributed by atoms with Gasteiger partial charge in [0.25, 0.3) is 11.8 Å². The minimum atomic E-state index is -1.43. The first-order valence-corrected chi connectivity index (χ1v) is 5.18. The van der Waals surface area contributed by atoms with E-state index >= 15 is 0 Å². The van der Waals surface area contributed by atoms with Gasteiger partial charge in [-0.1, -0.05) is 24.3 Å². The van der Waals surface area contributed by atoms with Crippen LogP contribution in [0.15, 0.2) is 29.8 Å². The van der Waals surface area contributed by atoms with E-state index in [0.29, 0.717) is 0 Å². The van der Waals surface area contributed by atoms with Crippen molar-refractivity contribution in [3.05, 3.63) is 41.0 Å². The number of amides is 4. The molecule has 1 aromatic carbocycles. The van der Waals surface area contributed by atoms with E-state index in [1.54, 1.807) is 6.07 Å². The van der Waals surface area contributed by atoms with E-state index in [4.69, 9.17) is 0 Å². The van der Waals surface area contributed by atoms with Crippen molar-refractivity contribution in [2.75, 3.05) is 0 Å². The zero-order valence-electron chi connectivity index (χ0n) is 9.43. The van der Waals surface area contributed by atoms with Crippen molar-refractivity contribution in [2.45, 2.75) is 0 Å². The second-order valence-corrected chi connectivity index (χ2v) is 3.67. The number of imide groups is 2. The summed E-state index contributed by atoms with van der Waals surface area (Å²) in [7, 11) is 0. The maximum Gasteiger partial charge on any atom is 0.328 e. The van der Waals surface area contributed by atoms with Gasteiger partial charge in [0.1, 0.15) is 5.57 Å². The number of aromatic carboxylic acids is 1. The molecule has 1 fully saturated rings. The molecule has 0 unspecified atom stereocenters. The van der Waals surface area contributed by atoms with Gasteiger partial charge >= 0.3 is 6.03 Å². The van der Waals surface area contributed by atoms with Crippen molar-refractivity contribution in [1.82, 2.24) is 10.6 Å². The Morgan fingerprint density at radius 3 is 2.21 bits per heavy atom. The smallest absolute Gasteiger partial charge is 0.328 e. The molecule has 1 heterocycles. The fourth-order valence-corrected chi connectivity index (χ4v) is 1.57. The number of carbonyl (C=O) groups excluding carboxylic acids is 4. The molecular weight excluding hydrogens is 252 g/mol. The molecule has 0 aromatic heterocycles. The standard InChI is InChI=1S/C12H8N2O5/c15-9-8(10(16)14-12(19)13-9)5-6-3-1-2-4-7(6)11(17)18/h1-5H,(H,17,18)(H2,13,14,15,16,19)/p-1. The van der Waals surface area contributed by atoms with Crippen LogP contribution in [0.25, 0.3) is 6.08 Å². The fourth-order valence-electron chi connectivity index (χ4n) is 1.57. The monoisotopic (exact) mass is 259 g/mol. The van der Waals surface area contributed by atoms with Crippen LogP contribution >= 0.6 is 0 Å². The average Bonchev–Trinajstić information content (AvgIpc) is 2.34. The summed E-state index contributed by atoms with van der Waals surface area (Å²) in [5, 5.41) is 14.7. The van der Waals surface area contributed by atoms with Gasteiger partial charge < -0.3 is 9.90 Å². The number of carboxylic acid groups (broad SMARTS) is 1. The molecule has 2 rings (SSSR count). The predicted molar refractivity (Wildman–Crippen MR) is 60.4 cm³/mol. The lowest BCUT2D eigenvalue weighted by Gasteiger charge is -2.14. The predicted octanol–water partition coefficient (Wildman–Crippen LogP) is -1.20. The van der Waals surface area contributed by atoms with E-state index in [1.165, 1.54) is 18.2 Å². The molecule has 1 saturated heterocycles. The molecular formula is C12H7N2O5-. The van der Waals surface area contributed by atoms with Crippen molar-refractivity contribution in [1.29, 1.82) is 0 Å². The van der Waals surface area contributed by atoms with Gasteiger partial charge in [-0.2, -0.15) is 0 Å². The van der Waals surface area contributed by atoms with Crippen LogP contribution in [0, 0.1) is 0 Å². The average molecular weight is 259 g/mol. The van der Waals surface area contributed by atoms with Crippen LogP contribution in [0.2, 0.25) is 0 Å². The molecule has 0 atom stereocenters. The number of carboxylic acids is 1. The Bertz CT molecular complexity index is 611. The lowest BCUT2D eigenvalue weighted by molar-refractivity contribution is -0.255. The number of rotatable bonds is 2. The fraction of sp³-hybridized carbons (Fsp3) is 0. The van der Waals surface area contributed by atoms with E-state index in [-0.39, 0.29) is 16.7 Å². The second-order valence-electron chi connectivity index (χ2n) is 3.67. The van der Waals surface area contributed by atoms with Crippen LogP contribution < -0.4 is 15.7 Å². The van der Waals surface area contributed by atoms with Crippen molar-refractivity contribution in [3.63, 3.8) is 0 Å². The van der Waals surface area contributed by atoms with Crippen LogP contribution in [-0.4, -0.2) is 23.8 Å². The summed E-state index contributed by atoms with van der Waals surface area (Å²) >= 11 is 0. The Morgan fingerprint density at radius 1 is 1.05 bits per heavy atom. The lowest BCUT2D eigenvalue weighted by atomic mass is 10.0. The third-order valence-electron chi connectivity index (χ3n) is 2.42. The summed E-state index contributed by atoms with van der Waals surface area (Å²) < 4.78 is 0. The summed E-state index contributed by atoms with van der Waals surface area (Å²) in [6.07, 6.45) is 1.09. The van der Waals surface area contributed by atoms with Crippen LogP contribution in [0.1, 0.15) is 15.9 Å². The molecule has 4 amide bonds. The Balaban J connectivity index is 2.46. The zero-order chi connectivity index (χ0) is 14.0. The van der Waals surface area contributed by atoms with E-state index in [9.17, 15) is 24.3 Å². The highest BCUT2D eigenvalue weighted by molar-refractivity contribution is 6.31. The number of benzene rings is 1. The topological polar surface area (TPSA) is 115 Å². The molecule has 19 heavy (non-hydrogen) atoms. The quantitative estimate of drug-likeness (QED) is 0.511. The molecule has 1 aliphatic rings. The molecule has 0 saturated carbocycles. The first-order valence-electron chi connectivity index (χ1n) is 5.18. The number of hydrogen-bond acceptors (Lipinski definition) is 5. The van der Waals surface area contributed by atoms with Crippen molar-refractivity contribution >= 4 is 29.9 Å². The van der Waals surface area contributed by atoms with E-state index in [2.05, 4.69) is 0 Å². The molecule has 0 bridgehead atoms. The van der Waals surface area contributed by atoms with Crippen LogP contribution in [0.5, 0.6) is 0 Å². The third kappa shape index (κ3) is 2.49. The van der Waals surface area contributed by atoms with Gasteiger partial charge in [0, 0.05) is 5.56 Å². The highest BCUT2D eigenvalue weighted by Gasteiger charge is 2.27. The number of hydrogen-bond donors (Lipinski definition) is 2.